The molecule has 5 nitrogen and oxygen atoms in total. The van der Waals surface area contributed by atoms with E-state index < -0.39 is 11.7 Å². The second-order valence-electron chi connectivity index (χ2n) is 5.26. The predicted octanol–water partition coefficient (Wildman–Crippen LogP) is 3.61. The smallest absolute Gasteiger partial charge is 0.319 e. The SMILES string of the molecule is CC(C)NC(=O)Nc1ccc(NC(=O)c2ccccc2F)cc1. The van der Waals surface area contributed by atoms with Crippen LogP contribution < -0.4 is 16.0 Å². The molecule has 0 aliphatic rings. The number of benzene rings is 2. The maximum absolute atomic E-state index is 13.5. The highest BCUT2D eigenvalue weighted by atomic mass is 19.1. The van der Waals surface area contributed by atoms with Crippen LogP contribution in [0.5, 0.6) is 0 Å². The molecule has 0 heterocycles. The number of hydrogen-bond acceptors (Lipinski definition) is 2. The van der Waals surface area contributed by atoms with Crippen molar-refractivity contribution in [2.45, 2.75) is 19.9 Å². The second kappa shape index (κ2) is 7.40. The number of halogens is 1. The van der Waals surface area contributed by atoms with Crippen LogP contribution in [0.15, 0.2) is 48.5 Å². The summed E-state index contributed by atoms with van der Waals surface area (Å²) < 4.78 is 13.5. The van der Waals surface area contributed by atoms with Gasteiger partial charge in [-0.15, -0.1) is 0 Å². The third-order valence-corrected chi connectivity index (χ3v) is 2.94. The van der Waals surface area contributed by atoms with Crippen molar-refractivity contribution < 1.29 is 14.0 Å². The van der Waals surface area contributed by atoms with E-state index in [1.54, 1.807) is 30.3 Å². The number of nitrogens with one attached hydrogen (secondary N) is 3. The lowest BCUT2D eigenvalue weighted by atomic mass is 10.2. The zero-order valence-electron chi connectivity index (χ0n) is 12.9. The molecule has 0 aliphatic carbocycles. The van der Waals surface area contributed by atoms with Gasteiger partial charge in [0.1, 0.15) is 5.82 Å². The van der Waals surface area contributed by atoms with E-state index in [9.17, 15) is 14.0 Å². The summed E-state index contributed by atoms with van der Waals surface area (Å²) in [6.07, 6.45) is 0. The number of amides is 3. The lowest BCUT2D eigenvalue weighted by Gasteiger charge is -2.11. The van der Waals surface area contributed by atoms with Crippen LogP contribution >= 0.6 is 0 Å². The minimum atomic E-state index is -0.575. The molecule has 0 fully saturated rings. The summed E-state index contributed by atoms with van der Waals surface area (Å²) in [5.74, 6) is -1.10. The first-order valence-electron chi connectivity index (χ1n) is 7.19. The fraction of sp³-hybridized carbons (Fsp3) is 0.176. The Labute approximate surface area is 133 Å². The zero-order chi connectivity index (χ0) is 16.8. The molecule has 3 N–H and O–H groups in total. The fourth-order valence-corrected chi connectivity index (χ4v) is 1.91. The van der Waals surface area contributed by atoms with Crippen LogP contribution in [0, 0.1) is 5.82 Å². The first-order valence-corrected chi connectivity index (χ1v) is 7.19. The summed E-state index contributed by atoms with van der Waals surface area (Å²) in [4.78, 5) is 23.6. The standard InChI is InChI=1S/C17H18FN3O2/c1-11(2)19-17(23)21-13-9-7-12(8-10-13)20-16(22)14-5-3-4-6-15(14)18/h3-11H,1-2H3,(H,20,22)(H2,19,21,23). The van der Waals surface area contributed by atoms with Crippen LogP contribution in [0.2, 0.25) is 0 Å². The quantitative estimate of drug-likeness (QED) is 0.806. The topological polar surface area (TPSA) is 70.2 Å². The van der Waals surface area contributed by atoms with Crippen molar-refractivity contribution in [1.29, 1.82) is 0 Å². The molecule has 2 aromatic carbocycles. The minimum Gasteiger partial charge on any atom is -0.336 e. The van der Waals surface area contributed by atoms with E-state index in [2.05, 4.69) is 16.0 Å². The average Bonchev–Trinajstić information content (AvgIpc) is 2.48. The van der Waals surface area contributed by atoms with Crippen LogP contribution in [0.4, 0.5) is 20.6 Å². The van der Waals surface area contributed by atoms with Gasteiger partial charge in [0.2, 0.25) is 0 Å². The molecule has 0 aromatic heterocycles. The molecule has 0 unspecified atom stereocenters. The summed E-state index contributed by atoms with van der Waals surface area (Å²) in [5, 5.41) is 7.98. The molecule has 2 rings (SSSR count). The highest BCUT2D eigenvalue weighted by Gasteiger charge is 2.11. The van der Waals surface area contributed by atoms with Crippen molar-refractivity contribution >= 4 is 23.3 Å². The van der Waals surface area contributed by atoms with Crippen molar-refractivity contribution in [2.24, 2.45) is 0 Å². The maximum atomic E-state index is 13.5. The van der Waals surface area contributed by atoms with E-state index in [1.807, 2.05) is 13.8 Å². The molecule has 0 spiro atoms. The maximum Gasteiger partial charge on any atom is 0.319 e. The van der Waals surface area contributed by atoms with Crippen molar-refractivity contribution in [3.05, 3.63) is 59.9 Å². The molecule has 0 saturated heterocycles. The molecular weight excluding hydrogens is 297 g/mol. The summed E-state index contributed by atoms with van der Waals surface area (Å²) in [5.41, 5.74) is 1.08. The summed E-state index contributed by atoms with van der Waals surface area (Å²) >= 11 is 0. The summed E-state index contributed by atoms with van der Waals surface area (Å²) in [6.45, 7) is 3.72. The Morgan fingerprint density at radius 1 is 0.913 bits per heavy atom. The number of carbonyl (C=O) groups is 2. The molecule has 0 radical (unpaired) electrons. The van der Waals surface area contributed by atoms with Crippen molar-refractivity contribution in [3.63, 3.8) is 0 Å². The van der Waals surface area contributed by atoms with Gasteiger partial charge in [-0.05, 0) is 50.2 Å². The van der Waals surface area contributed by atoms with E-state index in [1.165, 1.54) is 18.2 Å². The van der Waals surface area contributed by atoms with Crippen molar-refractivity contribution in [1.82, 2.24) is 5.32 Å². The monoisotopic (exact) mass is 315 g/mol. The average molecular weight is 315 g/mol. The minimum absolute atomic E-state index is 0.0222. The van der Waals surface area contributed by atoms with Gasteiger partial charge in [0, 0.05) is 17.4 Å². The molecule has 0 bridgehead atoms. The van der Waals surface area contributed by atoms with Crippen molar-refractivity contribution in [3.8, 4) is 0 Å². The Bertz CT molecular complexity index is 699. The fourth-order valence-electron chi connectivity index (χ4n) is 1.91. The Kier molecular flexibility index (Phi) is 5.30. The van der Waals surface area contributed by atoms with Gasteiger partial charge in [0.15, 0.2) is 0 Å². The van der Waals surface area contributed by atoms with E-state index in [0.29, 0.717) is 11.4 Å². The van der Waals surface area contributed by atoms with Gasteiger partial charge in [0.05, 0.1) is 5.56 Å². The highest BCUT2D eigenvalue weighted by Crippen LogP contribution is 2.15. The van der Waals surface area contributed by atoms with Gasteiger partial charge in [0.25, 0.3) is 5.91 Å². The van der Waals surface area contributed by atoms with E-state index in [4.69, 9.17) is 0 Å². The van der Waals surface area contributed by atoms with Gasteiger partial charge < -0.3 is 16.0 Å². The van der Waals surface area contributed by atoms with Crippen LogP contribution in [0.1, 0.15) is 24.2 Å². The highest BCUT2D eigenvalue weighted by molar-refractivity contribution is 6.04. The van der Waals surface area contributed by atoms with Crippen molar-refractivity contribution in [2.75, 3.05) is 10.6 Å². The summed E-state index contributed by atoms with van der Waals surface area (Å²) in [7, 11) is 0. The number of urea groups is 1. The van der Waals surface area contributed by atoms with Gasteiger partial charge in [-0.25, -0.2) is 9.18 Å². The normalized spacial score (nSPS) is 10.3. The number of rotatable bonds is 4. The first-order chi connectivity index (χ1) is 11.0. The second-order valence-corrected chi connectivity index (χ2v) is 5.26. The van der Waals surface area contributed by atoms with Gasteiger partial charge in [-0.3, -0.25) is 4.79 Å². The lowest BCUT2D eigenvalue weighted by molar-refractivity contribution is 0.102. The molecule has 3 amide bonds. The third kappa shape index (κ3) is 4.81. The molecule has 6 heteroatoms. The first kappa shape index (κ1) is 16.5. The molecule has 2 aromatic rings. The van der Waals surface area contributed by atoms with Crippen LogP contribution in [-0.4, -0.2) is 18.0 Å². The molecular formula is C17H18FN3O2. The van der Waals surface area contributed by atoms with Gasteiger partial charge in [-0.1, -0.05) is 12.1 Å². The third-order valence-electron chi connectivity index (χ3n) is 2.94. The largest absolute Gasteiger partial charge is 0.336 e. The van der Waals surface area contributed by atoms with E-state index >= 15 is 0 Å². The molecule has 120 valence electrons. The Balaban J connectivity index is 1.99. The van der Waals surface area contributed by atoms with Crippen LogP contribution in [0.25, 0.3) is 0 Å². The molecule has 0 atom stereocenters. The Morgan fingerprint density at radius 3 is 2.04 bits per heavy atom. The molecule has 23 heavy (non-hydrogen) atoms. The van der Waals surface area contributed by atoms with Gasteiger partial charge >= 0.3 is 6.03 Å². The Hall–Kier alpha value is -2.89. The zero-order valence-corrected chi connectivity index (χ0v) is 12.9. The van der Waals surface area contributed by atoms with Gasteiger partial charge in [-0.2, -0.15) is 0 Å². The van der Waals surface area contributed by atoms with Crippen LogP contribution in [0.3, 0.4) is 0 Å². The van der Waals surface area contributed by atoms with E-state index in [0.717, 1.165) is 0 Å². The number of hydrogen-bond donors (Lipinski definition) is 3. The van der Waals surface area contributed by atoms with E-state index in [-0.39, 0.29) is 17.6 Å². The molecule has 0 saturated carbocycles. The number of carbonyl (C=O) groups excluding carboxylic acids is 2. The van der Waals surface area contributed by atoms with Crippen LogP contribution in [-0.2, 0) is 0 Å². The number of anilines is 2. The lowest BCUT2D eigenvalue weighted by Crippen LogP contribution is -2.34. The predicted molar refractivity (Wildman–Crippen MR) is 88.1 cm³/mol. The summed E-state index contributed by atoms with van der Waals surface area (Å²) in [6, 6.07) is 12.1. The Morgan fingerprint density at radius 2 is 1.48 bits per heavy atom. The molecule has 0 aliphatic heterocycles.